The van der Waals surface area contributed by atoms with E-state index < -0.39 is 5.69 Å². The molecular formula is C20H22N4O3S. The van der Waals surface area contributed by atoms with Gasteiger partial charge < -0.3 is 5.32 Å². The molecule has 0 saturated carbocycles. The van der Waals surface area contributed by atoms with Gasteiger partial charge in [0.15, 0.2) is 5.13 Å². The minimum atomic E-state index is -0.478. The van der Waals surface area contributed by atoms with E-state index in [1.807, 2.05) is 0 Å². The van der Waals surface area contributed by atoms with Crippen LogP contribution in [0.5, 0.6) is 0 Å². The molecule has 4 rings (SSSR count). The predicted octanol–water partition coefficient (Wildman–Crippen LogP) is 2.40. The summed E-state index contributed by atoms with van der Waals surface area (Å²) >= 11 is 1.51. The lowest BCUT2D eigenvalue weighted by molar-refractivity contribution is -0.116. The maximum absolute atomic E-state index is 12.8. The van der Waals surface area contributed by atoms with Crippen LogP contribution in [0, 0.1) is 5.92 Å². The lowest BCUT2D eigenvalue weighted by Gasteiger charge is -2.15. The van der Waals surface area contributed by atoms with Crippen LogP contribution < -0.4 is 16.6 Å². The van der Waals surface area contributed by atoms with Gasteiger partial charge in [0.25, 0.3) is 5.56 Å². The molecule has 0 fully saturated rings. The maximum atomic E-state index is 12.8. The molecule has 3 aromatic rings. The van der Waals surface area contributed by atoms with Gasteiger partial charge in [0, 0.05) is 11.4 Å². The van der Waals surface area contributed by atoms with Crippen molar-refractivity contribution in [3.8, 4) is 0 Å². The number of anilines is 1. The zero-order valence-electron chi connectivity index (χ0n) is 15.9. The normalized spacial score (nSPS) is 16.1. The van der Waals surface area contributed by atoms with Crippen LogP contribution >= 0.6 is 11.3 Å². The molecule has 1 N–H and O–H groups in total. The van der Waals surface area contributed by atoms with Crippen LogP contribution in [0.2, 0.25) is 0 Å². The molecule has 0 bridgehead atoms. The summed E-state index contributed by atoms with van der Waals surface area (Å²) in [6.45, 7) is 4.05. The van der Waals surface area contributed by atoms with Crippen LogP contribution in [-0.4, -0.2) is 20.0 Å². The SMILES string of the molecule is CCn1c(=O)c2ccccc2n(CC(=O)Nc2nc3c(s2)CC(C)CC3)c1=O. The first-order valence-electron chi connectivity index (χ1n) is 9.48. The van der Waals surface area contributed by atoms with Crippen LogP contribution in [0.1, 0.15) is 30.8 Å². The molecule has 0 saturated heterocycles. The first-order chi connectivity index (χ1) is 13.5. The first-order valence-corrected chi connectivity index (χ1v) is 10.3. The third-order valence-electron chi connectivity index (χ3n) is 5.18. The number of benzene rings is 1. The Morgan fingerprint density at radius 3 is 2.86 bits per heavy atom. The van der Waals surface area contributed by atoms with Gasteiger partial charge in [-0.25, -0.2) is 9.78 Å². The lowest BCUT2D eigenvalue weighted by atomic mass is 9.93. The Morgan fingerprint density at radius 1 is 1.29 bits per heavy atom. The van der Waals surface area contributed by atoms with E-state index in [2.05, 4.69) is 17.2 Å². The highest BCUT2D eigenvalue weighted by Crippen LogP contribution is 2.32. The summed E-state index contributed by atoms with van der Waals surface area (Å²) in [6.07, 6.45) is 3.05. The van der Waals surface area contributed by atoms with E-state index in [4.69, 9.17) is 0 Å². The number of rotatable bonds is 4. The van der Waals surface area contributed by atoms with Gasteiger partial charge in [-0.15, -0.1) is 11.3 Å². The van der Waals surface area contributed by atoms with Crippen molar-refractivity contribution in [3.63, 3.8) is 0 Å². The molecule has 28 heavy (non-hydrogen) atoms. The van der Waals surface area contributed by atoms with E-state index in [0.717, 1.165) is 29.5 Å². The van der Waals surface area contributed by atoms with E-state index in [-0.39, 0.29) is 24.6 Å². The zero-order valence-corrected chi connectivity index (χ0v) is 16.7. The number of nitrogens with zero attached hydrogens (tertiary/aromatic N) is 3. The fraction of sp³-hybridized carbons (Fsp3) is 0.400. The quantitative estimate of drug-likeness (QED) is 0.731. The van der Waals surface area contributed by atoms with Crippen LogP contribution in [-0.2, 0) is 30.7 Å². The van der Waals surface area contributed by atoms with Crippen LogP contribution in [0.3, 0.4) is 0 Å². The molecule has 2 heterocycles. The average Bonchev–Trinajstić information content (AvgIpc) is 3.06. The van der Waals surface area contributed by atoms with Crippen LogP contribution in [0.25, 0.3) is 10.9 Å². The van der Waals surface area contributed by atoms with Crippen LogP contribution in [0.4, 0.5) is 5.13 Å². The van der Waals surface area contributed by atoms with E-state index in [1.54, 1.807) is 31.2 Å². The number of thiazole rings is 1. The second-order valence-electron chi connectivity index (χ2n) is 7.22. The molecule has 0 spiro atoms. The molecule has 7 nitrogen and oxygen atoms in total. The van der Waals surface area contributed by atoms with Gasteiger partial charge in [0.05, 0.1) is 16.6 Å². The highest BCUT2D eigenvalue weighted by Gasteiger charge is 2.21. The van der Waals surface area contributed by atoms with Crippen LogP contribution in [0.15, 0.2) is 33.9 Å². The fourth-order valence-electron chi connectivity index (χ4n) is 3.70. The molecule has 1 unspecified atom stereocenters. The van der Waals surface area contributed by atoms with E-state index in [0.29, 0.717) is 22.0 Å². The zero-order chi connectivity index (χ0) is 19.8. The van der Waals surface area contributed by atoms with Crippen molar-refractivity contribution >= 4 is 33.3 Å². The highest BCUT2D eigenvalue weighted by atomic mass is 32.1. The minimum absolute atomic E-state index is 0.166. The summed E-state index contributed by atoms with van der Waals surface area (Å²) in [7, 11) is 0. The standard InChI is InChI=1S/C20H22N4O3S/c1-3-23-18(26)13-6-4-5-7-15(13)24(20(23)27)11-17(25)22-19-21-14-9-8-12(2)10-16(14)28-19/h4-7,12H,3,8-11H2,1-2H3,(H,21,22,25). The summed E-state index contributed by atoms with van der Waals surface area (Å²) in [5.41, 5.74) is 0.722. The van der Waals surface area contributed by atoms with E-state index >= 15 is 0 Å². The number of carbonyl (C=O) groups excluding carboxylic acids is 1. The van der Waals surface area contributed by atoms with Gasteiger partial charge in [0.1, 0.15) is 6.54 Å². The number of nitrogens with one attached hydrogen (secondary N) is 1. The smallest absolute Gasteiger partial charge is 0.300 e. The van der Waals surface area contributed by atoms with Crippen molar-refractivity contribution in [1.82, 2.24) is 14.1 Å². The van der Waals surface area contributed by atoms with Crippen molar-refractivity contribution in [1.29, 1.82) is 0 Å². The Morgan fingerprint density at radius 2 is 2.07 bits per heavy atom. The average molecular weight is 398 g/mol. The number of aryl methyl sites for hydroxylation is 1. The monoisotopic (exact) mass is 398 g/mol. The molecular weight excluding hydrogens is 376 g/mol. The molecule has 1 aromatic carbocycles. The minimum Gasteiger partial charge on any atom is -0.300 e. The van der Waals surface area contributed by atoms with E-state index in [9.17, 15) is 14.4 Å². The van der Waals surface area contributed by atoms with Crippen molar-refractivity contribution in [2.45, 2.75) is 46.2 Å². The Labute approximate surface area is 165 Å². The van der Waals surface area contributed by atoms with Gasteiger partial charge in [-0.05, 0) is 44.2 Å². The molecule has 0 aliphatic heterocycles. The molecule has 0 radical (unpaired) electrons. The summed E-state index contributed by atoms with van der Waals surface area (Å²) in [5.74, 6) is 0.309. The number of carbonyl (C=O) groups is 1. The van der Waals surface area contributed by atoms with Gasteiger partial charge >= 0.3 is 5.69 Å². The molecule has 146 valence electrons. The third kappa shape index (κ3) is 3.28. The second-order valence-corrected chi connectivity index (χ2v) is 8.30. The molecule has 2 aromatic heterocycles. The Balaban J connectivity index is 1.64. The van der Waals surface area contributed by atoms with Crippen molar-refractivity contribution in [2.75, 3.05) is 5.32 Å². The second kappa shape index (κ2) is 7.35. The Bertz CT molecular complexity index is 1170. The lowest BCUT2D eigenvalue weighted by Crippen LogP contribution is -2.41. The predicted molar refractivity (Wildman–Crippen MR) is 110 cm³/mol. The number of fused-ring (bicyclic) bond motifs is 2. The molecule has 8 heteroatoms. The van der Waals surface area contributed by atoms with Gasteiger partial charge in [0.2, 0.25) is 5.91 Å². The van der Waals surface area contributed by atoms with Gasteiger partial charge in [-0.3, -0.25) is 18.7 Å². The molecule has 1 aliphatic rings. The number of para-hydroxylation sites is 1. The number of amides is 1. The summed E-state index contributed by atoms with van der Waals surface area (Å²) in [5, 5.41) is 3.83. The molecule has 1 atom stereocenters. The van der Waals surface area contributed by atoms with Crippen molar-refractivity contribution < 1.29 is 4.79 Å². The number of hydrogen-bond acceptors (Lipinski definition) is 5. The van der Waals surface area contributed by atoms with E-state index in [1.165, 1.54) is 20.8 Å². The topological polar surface area (TPSA) is 86.0 Å². The van der Waals surface area contributed by atoms with Gasteiger partial charge in [-0.1, -0.05) is 19.1 Å². The maximum Gasteiger partial charge on any atom is 0.331 e. The fourth-order valence-corrected chi connectivity index (χ4v) is 4.89. The molecule has 1 aliphatic carbocycles. The number of aromatic nitrogens is 3. The van der Waals surface area contributed by atoms with Crippen molar-refractivity contribution in [2.24, 2.45) is 5.92 Å². The Kier molecular flexibility index (Phi) is 4.89. The van der Waals surface area contributed by atoms with Gasteiger partial charge in [-0.2, -0.15) is 0 Å². The number of hydrogen-bond donors (Lipinski definition) is 1. The summed E-state index contributed by atoms with van der Waals surface area (Å²) in [4.78, 5) is 43.7. The largest absolute Gasteiger partial charge is 0.331 e. The Hall–Kier alpha value is -2.74. The highest BCUT2D eigenvalue weighted by molar-refractivity contribution is 7.15. The molecule has 1 amide bonds. The summed E-state index contributed by atoms with van der Waals surface area (Å²) in [6, 6.07) is 6.87. The third-order valence-corrected chi connectivity index (χ3v) is 6.22. The summed E-state index contributed by atoms with van der Waals surface area (Å²) < 4.78 is 2.50. The first kappa shape index (κ1) is 18.6. The van der Waals surface area contributed by atoms with Crippen molar-refractivity contribution in [3.05, 3.63) is 55.7 Å².